The maximum absolute atomic E-state index is 14.1. The summed E-state index contributed by atoms with van der Waals surface area (Å²) in [5.74, 6) is -17.2. The van der Waals surface area contributed by atoms with Gasteiger partial charge in [-0.15, -0.1) is 0 Å². The molecule has 12 nitrogen and oxygen atoms in total. The standard InChI is InChI=1S/C41H43F7N6O6/c1-22-19-28(35(57)58)15-18-30(22)25-9-5-23(6-10-25)20-31(51-33(55)27-11-7-24(8-12-27)21-49-37(59)60-38(2,3)4)34(56)50-29-16-13-26(14-17-29)32-52-36(54-53-32)39(42,43)40(44,45)41(46,47)48/h5-6,9-10,13-19,24,27,31H,7-8,11-12,20-21H2,1-4H3,(H,49,59)(H,50,56)(H,51,55)(H,57,58)(H,52,53,54)/t24-,27-,31-/m0/s1. The highest BCUT2D eigenvalue weighted by Crippen LogP contribution is 2.51. The van der Waals surface area contributed by atoms with Crippen LogP contribution in [0.25, 0.3) is 22.5 Å². The number of alkyl carbamates (subject to hydrolysis) is 1. The van der Waals surface area contributed by atoms with Crippen molar-refractivity contribution in [1.82, 2.24) is 25.8 Å². The van der Waals surface area contributed by atoms with Crippen LogP contribution in [-0.2, 0) is 26.7 Å². The number of hydrogen-bond donors (Lipinski definition) is 5. The number of aromatic carboxylic acids is 1. The molecule has 0 radical (unpaired) electrons. The van der Waals surface area contributed by atoms with Crippen LogP contribution in [0.5, 0.6) is 0 Å². The van der Waals surface area contributed by atoms with Gasteiger partial charge in [-0.05, 0) is 118 Å². The molecule has 4 aromatic rings. The minimum Gasteiger partial charge on any atom is -0.478 e. The van der Waals surface area contributed by atoms with Crippen molar-refractivity contribution >= 4 is 29.6 Å². The smallest absolute Gasteiger partial charge is 0.460 e. The Bertz CT molecular complexity index is 2180. The summed E-state index contributed by atoms with van der Waals surface area (Å²) in [6.07, 6.45) is -4.79. The van der Waals surface area contributed by atoms with Crippen LogP contribution in [0.1, 0.15) is 73.8 Å². The van der Waals surface area contributed by atoms with Crippen LogP contribution in [0.4, 0.5) is 41.2 Å². The Balaban J connectivity index is 1.29. The van der Waals surface area contributed by atoms with E-state index in [4.69, 9.17) is 4.74 Å². The molecule has 5 N–H and O–H groups in total. The second-order valence-electron chi connectivity index (χ2n) is 15.6. The van der Waals surface area contributed by atoms with Gasteiger partial charge in [0.15, 0.2) is 5.82 Å². The van der Waals surface area contributed by atoms with Gasteiger partial charge in [0, 0.05) is 30.1 Å². The number of rotatable bonds is 13. The minimum atomic E-state index is -6.57. The van der Waals surface area contributed by atoms with Crippen molar-refractivity contribution in [3.63, 3.8) is 0 Å². The van der Waals surface area contributed by atoms with Crippen molar-refractivity contribution in [2.45, 2.75) is 89.5 Å². The molecular formula is C41H43F7N6O6. The van der Waals surface area contributed by atoms with Crippen LogP contribution in [0, 0.1) is 18.8 Å². The molecule has 322 valence electrons. The number of carbonyl (C=O) groups excluding carboxylic acids is 3. The quantitative estimate of drug-likeness (QED) is 0.0834. The summed E-state index contributed by atoms with van der Waals surface area (Å²) < 4.78 is 98.7. The van der Waals surface area contributed by atoms with Crippen LogP contribution in [0.15, 0.2) is 66.7 Å². The molecule has 0 saturated heterocycles. The Kier molecular flexibility index (Phi) is 13.3. The van der Waals surface area contributed by atoms with Crippen molar-refractivity contribution in [3.8, 4) is 22.5 Å². The highest BCUT2D eigenvalue weighted by atomic mass is 19.4. The summed E-state index contributed by atoms with van der Waals surface area (Å²) in [4.78, 5) is 54.1. The SMILES string of the molecule is Cc1cc(C(=O)O)ccc1-c1ccc(C[C@H](NC(=O)[C@H]2CC[C@H](CNC(=O)OC(C)(C)C)CC2)C(=O)Nc2ccc(-c3nc(C(F)(F)C(F)(F)C(F)(F)F)n[nH]3)cc2)cc1. The number of carboxylic acid groups (broad SMARTS) is 1. The van der Waals surface area contributed by atoms with E-state index in [1.165, 1.54) is 30.3 Å². The van der Waals surface area contributed by atoms with E-state index in [0.717, 1.165) is 16.7 Å². The van der Waals surface area contributed by atoms with Gasteiger partial charge in [-0.1, -0.05) is 30.3 Å². The number of nitrogens with zero attached hydrogens (tertiary/aromatic N) is 2. The van der Waals surface area contributed by atoms with Gasteiger partial charge >= 0.3 is 30.1 Å². The second-order valence-corrected chi connectivity index (χ2v) is 15.6. The topological polar surface area (TPSA) is 175 Å². The van der Waals surface area contributed by atoms with E-state index < -0.39 is 65.2 Å². The number of amides is 3. The van der Waals surface area contributed by atoms with Crippen LogP contribution in [0.3, 0.4) is 0 Å². The minimum absolute atomic E-state index is 0.0347. The van der Waals surface area contributed by atoms with Crippen molar-refractivity contribution in [1.29, 1.82) is 0 Å². The Labute approximate surface area is 339 Å². The lowest BCUT2D eigenvalue weighted by atomic mass is 9.81. The molecular weight excluding hydrogens is 805 g/mol. The predicted octanol–water partition coefficient (Wildman–Crippen LogP) is 8.43. The van der Waals surface area contributed by atoms with Crippen LogP contribution >= 0.6 is 0 Å². The number of hydrogen-bond acceptors (Lipinski definition) is 7. The van der Waals surface area contributed by atoms with Gasteiger partial charge in [0.05, 0.1) is 5.56 Å². The molecule has 0 aliphatic heterocycles. The number of aryl methyl sites for hydroxylation is 1. The zero-order valence-electron chi connectivity index (χ0n) is 32.9. The molecule has 0 spiro atoms. The van der Waals surface area contributed by atoms with E-state index >= 15 is 0 Å². The summed E-state index contributed by atoms with van der Waals surface area (Å²) in [5, 5.41) is 22.5. The van der Waals surface area contributed by atoms with Gasteiger partial charge in [0.1, 0.15) is 11.6 Å². The number of aromatic nitrogens is 3. The number of H-pyrrole nitrogens is 1. The molecule has 19 heteroatoms. The third kappa shape index (κ3) is 10.8. The number of aromatic amines is 1. The lowest BCUT2D eigenvalue weighted by Gasteiger charge is -2.29. The highest BCUT2D eigenvalue weighted by Gasteiger charge is 2.75. The Morgan fingerprint density at radius 1 is 0.867 bits per heavy atom. The van der Waals surface area contributed by atoms with Crippen molar-refractivity contribution in [2.24, 2.45) is 11.8 Å². The Hall–Kier alpha value is -6.01. The maximum Gasteiger partial charge on any atom is 0.460 e. The molecule has 5 rings (SSSR count). The van der Waals surface area contributed by atoms with Gasteiger partial charge in [-0.25, -0.2) is 14.6 Å². The van der Waals surface area contributed by atoms with Crippen molar-refractivity contribution in [3.05, 3.63) is 89.2 Å². The number of carbonyl (C=O) groups is 4. The number of alkyl halides is 7. The summed E-state index contributed by atoms with van der Waals surface area (Å²) in [6, 6.07) is 15.8. The second kappa shape index (κ2) is 17.7. The zero-order chi connectivity index (χ0) is 44.2. The Morgan fingerprint density at radius 2 is 1.48 bits per heavy atom. The van der Waals surface area contributed by atoms with E-state index in [2.05, 4.69) is 26.0 Å². The van der Waals surface area contributed by atoms with E-state index in [1.54, 1.807) is 64.1 Å². The summed E-state index contributed by atoms with van der Waals surface area (Å²) in [7, 11) is 0. The first-order chi connectivity index (χ1) is 27.9. The molecule has 1 heterocycles. The van der Waals surface area contributed by atoms with E-state index in [0.29, 0.717) is 37.8 Å². The summed E-state index contributed by atoms with van der Waals surface area (Å²) in [5.41, 5.74) is 2.60. The van der Waals surface area contributed by atoms with Crippen LogP contribution in [-0.4, -0.2) is 74.5 Å². The number of anilines is 1. The molecule has 3 aromatic carbocycles. The first-order valence-electron chi connectivity index (χ1n) is 18.8. The largest absolute Gasteiger partial charge is 0.478 e. The van der Waals surface area contributed by atoms with Gasteiger partial charge in [0.2, 0.25) is 17.6 Å². The lowest BCUT2D eigenvalue weighted by molar-refractivity contribution is -0.361. The fourth-order valence-corrected chi connectivity index (χ4v) is 6.64. The van der Waals surface area contributed by atoms with Crippen molar-refractivity contribution in [2.75, 3.05) is 11.9 Å². The van der Waals surface area contributed by atoms with E-state index in [-0.39, 0.29) is 35.1 Å². The molecule has 1 aliphatic rings. The van der Waals surface area contributed by atoms with E-state index in [1.807, 2.05) is 5.10 Å². The van der Waals surface area contributed by atoms with Gasteiger partial charge in [-0.2, -0.15) is 35.8 Å². The van der Waals surface area contributed by atoms with Gasteiger partial charge in [0.25, 0.3) is 0 Å². The van der Waals surface area contributed by atoms with Crippen LogP contribution in [0.2, 0.25) is 0 Å². The molecule has 1 atom stereocenters. The molecule has 60 heavy (non-hydrogen) atoms. The molecule has 0 unspecified atom stereocenters. The number of ether oxygens (including phenoxy) is 1. The maximum atomic E-state index is 14.1. The molecule has 1 aromatic heterocycles. The first kappa shape index (κ1) is 45.1. The summed E-state index contributed by atoms with van der Waals surface area (Å²) in [6.45, 7) is 7.43. The highest BCUT2D eigenvalue weighted by molar-refractivity contribution is 5.98. The van der Waals surface area contributed by atoms with Gasteiger partial charge in [-0.3, -0.25) is 14.7 Å². The van der Waals surface area contributed by atoms with Gasteiger partial charge < -0.3 is 25.8 Å². The number of benzene rings is 3. The average molecular weight is 849 g/mol. The van der Waals surface area contributed by atoms with E-state index in [9.17, 15) is 55.0 Å². The van der Waals surface area contributed by atoms with Crippen molar-refractivity contribution < 1.29 is 59.8 Å². The predicted molar refractivity (Wildman–Crippen MR) is 204 cm³/mol. The number of carboxylic acids is 1. The lowest BCUT2D eigenvalue weighted by Crippen LogP contribution is -2.50. The average Bonchev–Trinajstić information content (AvgIpc) is 3.68. The summed E-state index contributed by atoms with van der Waals surface area (Å²) >= 11 is 0. The number of nitrogens with one attached hydrogen (secondary N) is 4. The third-order valence-electron chi connectivity index (χ3n) is 9.91. The zero-order valence-corrected chi connectivity index (χ0v) is 32.9. The van der Waals surface area contributed by atoms with Crippen LogP contribution < -0.4 is 16.0 Å². The fraction of sp³-hybridized carbons (Fsp3) is 0.415. The molecule has 3 amide bonds. The first-order valence-corrected chi connectivity index (χ1v) is 18.8. The molecule has 1 saturated carbocycles. The monoisotopic (exact) mass is 848 g/mol. The molecule has 1 fully saturated rings. The fourth-order valence-electron chi connectivity index (χ4n) is 6.64. The Morgan fingerprint density at radius 3 is 2.05 bits per heavy atom. The third-order valence-corrected chi connectivity index (χ3v) is 9.91. The molecule has 0 bridgehead atoms. The molecule has 1 aliphatic carbocycles. The number of halogens is 7. The normalized spacial score (nSPS) is 16.7.